The molecule has 0 radical (unpaired) electrons. The predicted molar refractivity (Wildman–Crippen MR) is 123 cm³/mol. The van der Waals surface area contributed by atoms with E-state index in [9.17, 15) is 26.7 Å². The first-order valence-electron chi connectivity index (χ1n) is 10.7. The lowest BCUT2D eigenvalue weighted by atomic mass is 9.88. The van der Waals surface area contributed by atoms with Crippen molar-refractivity contribution < 1.29 is 35.6 Å². The Morgan fingerprint density at radius 2 is 1.97 bits per heavy atom. The van der Waals surface area contributed by atoms with Crippen LogP contribution in [-0.2, 0) is 23.0 Å². The van der Waals surface area contributed by atoms with Gasteiger partial charge in [0.15, 0.2) is 0 Å². The number of hydrogen-bond donors (Lipinski definition) is 1. The Bertz CT molecular complexity index is 1580. The van der Waals surface area contributed by atoms with Crippen LogP contribution in [0.15, 0.2) is 42.6 Å². The molecule has 0 spiro atoms. The molecule has 11 heteroatoms. The zero-order valence-electron chi connectivity index (χ0n) is 18.4. The van der Waals surface area contributed by atoms with Crippen LogP contribution in [0.25, 0.3) is 32.9 Å². The molecule has 5 rings (SSSR count). The van der Waals surface area contributed by atoms with Gasteiger partial charge in [0.25, 0.3) is 0 Å². The number of alkyl halides is 3. The van der Waals surface area contributed by atoms with Crippen LogP contribution in [0.2, 0.25) is 0 Å². The van der Waals surface area contributed by atoms with Gasteiger partial charge in [-0.05, 0) is 65.9 Å². The molecule has 35 heavy (non-hydrogen) atoms. The third-order valence-electron chi connectivity index (χ3n) is 5.98. The second-order valence-electron chi connectivity index (χ2n) is 8.12. The number of rotatable bonds is 5. The quantitative estimate of drug-likeness (QED) is 0.317. The van der Waals surface area contributed by atoms with Crippen molar-refractivity contribution >= 4 is 31.9 Å². The molecule has 0 amide bonds. The van der Waals surface area contributed by atoms with Crippen molar-refractivity contribution in [2.45, 2.75) is 25.3 Å². The van der Waals surface area contributed by atoms with Gasteiger partial charge >= 0.3 is 15.6 Å². The average Bonchev–Trinajstić information content (AvgIpc) is 2.80. The highest BCUT2D eigenvalue weighted by Crippen LogP contribution is 2.42. The molecule has 0 bridgehead atoms. The third kappa shape index (κ3) is 3.94. The summed E-state index contributed by atoms with van der Waals surface area (Å²) in [6.45, 7) is 2.22. The molecule has 1 N–H and O–H groups in total. The van der Waals surface area contributed by atoms with Crippen molar-refractivity contribution in [3.05, 3.63) is 59.3 Å². The molecule has 2 aromatic carbocycles. The minimum absolute atomic E-state index is 0.129. The number of aromatic nitrogens is 2. The zero-order chi connectivity index (χ0) is 25.0. The normalized spacial score (nSPS) is 13.7. The fourth-order valence-corrected chi connectivity index (χ4v) is 4.89. The molecule has 4 aromatic rings. The Kier molecular flexibility index (Phi) is 5.56. The summed E-state index contributed by atoms with van der Waals surface area (Å²) in [5, 5.41) is 11.2. The Morgan fingerprint density at radius 3 is 2.71 bits per heavy atom. The van der Waals surface area contributed by atoms with Crippen LogP contribution >= 0.6 is 0 Å². The first kappa shape index (κ1) is 23.3. The van der Waals surface area contributed by atoms with E-state index in [2.05, 4.69) is 14.2 Å². The van der Waals surface area contributed by atoms with Gasteiger partial charge in [-0.15, -0.1) is 0 Å². The van der Waals surface area contributed by atoms with Crippen LogP contribution in [0.4, 0.5) is 13.2 Å². The Morgan fingerprint density at radius 1 is 1.17 bits per heavy atom. The largest absolute Gasteiger partial charge is 0.534 e. The van der Waals surface area contributed by atoms with Crippen molar-refractivity contribution in [1.82, 2.24) is 9.97 Å². The second-order valence-corrected chi connectivity index (χ2v) is 9.66. The van der Waals surface area contributed by atoms with E-state index in [1.54, 1.807) is 19.2 Å². The van der Waals surface area contributed by atoms with Crippen molar-refractivity contribution in [3.63, 3.8) is 0 Å². The highest BCUT2D eigenvalue weighted by Gasteiger charge is 2.48. The summed E-state index contributed by atoms with van der Waals surface area (Å²) in [5.41, 5.74) is -0.576. The molecule has 2 aromatic heterocycles. The molecule has 1 aliphatic rings. The fourth-order valence-electron chi connectivity index (χ4n) is 4.48. The number of nitrogens with zero attached hydrogens (tertiary/aromatic N) is 2. The van der Waals surface area contributed by atoms with Crippen LogP contribution in [0.1, 0.15) is 16.7 Å². The summed E-state index contributed by atoms with van der Waals surface area (Å²) in [6, 6.07) is 9.80. The SMILES string of the molecule is Cc1cc2nc(OS(=O)(=O)C(F)(F)F)ccc2c(-c2ccc3c4c(ccnc24)CCO3)c1CCO. The highest BCUT2D eigenvalue weighted by atomic mass is 32.2. The number of aryl methyl sites for hydroxylation is 1. The summed E-state index contributed by atoms with van der Waals surface area (Å²) < 4.78 is 71.3. The van der Waals surface area contributed by atoms with E-state index in [4.69, 9.17) is 4.74 Å². The van der Waals surface area contributed by atoms with Gasteiger partial charge in [0, 0.05) is 41.6 Å². The lowest BCUT2D eigenvalue weighted by Gasteiger charge is -2.22. The van der Waals surface area contributed by atoms with Gasteiger partial charge in [-0.25, -0.2) is 4.98 Å². The van der Waals surface area contributed by atoms with Gasteiger partial charge in [-0.2, -0.15) is 21.6 Å². The van der Waals surface area contributed by atoms with Gasteiger partial charge in [0.1, 0.15) is 5.75 Å². The van der Waals surface area contributed by atoms with E-state index in [-0.39, 0.29) is 12.1 Å². The molecule has 0 saturated heterocycles. The molecule has 0 aliphatic carbocycles. The van der Waals surface area contributed by atoms with Crippen LogP contribution < -0.4 is 8.92 Å². The van der Waals surface area contributed by atoms with Gasteiger partial charge in [-0.1, -0.05) is 0 Å². The Labute approximate surface area is 198 Å². The Balaban J connectivity index is 1.77. The first-order chi connectivity index (χ1) is 16.6. The smallest absolute Gasteiger partial charge is 0.493 e. The predicted octanol–water partition coefficient (Wildman–Crippen LogP) is 4.46. The van der Waals surface area contributed by atoms with E-state index >= 15 is 0 Å². The number of benzene rings is 2. The maximum absolute atomic E-state index is 12.8. The van der Waals surface area contributed by atoms with E-state index in [1.807, 2.05) is 18.2 Å². The molecule has 7 nitrogen and oxygen atoms in total. The first-order valence-corrected chi connectivity index (χ1v) is 12.1. The lowest BCUT2D eigenvalue weighted by molar-refractivity contribution is -0.0501. The van der Waals surface area contributed by atoms with E-state index in [0.29, 0.717) is 35.2 Å². The van der Waals surface area contributed by atoms with Crippen LogP contribution in [-0.4, -0.2) is 42.2 Å². The summed E-state index contributed by atoms with van der Waals surface area (Å²) in [7, 11) is -5.86. The zero-order valence-corrected chi connectivity index (χ0v) is 19.2. The molecule has 0 saturated carbocycles. The summed E-state index contributed by atoms with van der Waals surface area (Å²) in [4.78, 5) is 8.66. The number of pyridine rings is 2. The minimum Gasteiger partial charge on any atom is -0.493 e. The molecular weight excluding hydrogens is 485 g/mol. The molecular formula is C24H19F3N2O5S. The van der Waals surface area contributed by atoms with Crippen LogP contribution in [0.5, 0.6) is 11.6 Å². The molecule has 182 valence electrons. The number of fused-ring (bicyclic) bond motifs is 1. The lowest BCUT2D eigenvalue weighted by Crippen LogP contribution is -2.28. The molecule has 0 fully saturated rings. The highest BCUT2D eigenvalue weighted by molar-refractivity contribution is 7.87. The minimum atomic E-state index is -5.86. The van der Waals surface area contributed by atoms with E-state index in [0.717, 1.165) is 40.1 Å². The topological polar surface area (TPSA) is 98.6 Å². The number of aliphatic hydroxyl groups excluding tert-OH is 1. The number of aliphatic hydroxyl groups is 1. The van der Waals surface area contributed by atoms with Gasteiger partial charge < -0.3 is 14.0 Å². The molecule has 0 atom stereocenters. The van der Waals surface area contributed by atoms with E-state index in [1.165, 1.54) is 6.07 Å². The van der Waals surface area contributed by atoms with Crippen molar-refractivity contribution in [2.75, 3.05) is 13.2 Å². The van der Waals surface area contributed by atoms with Crippen molar-refractivity contribution in [2.24, 2.45) is 0 Å². The maximum atomic E-state index is 12.8. The fraction of sp³-hybridized carbons (Fsp3) is 0.250. The average molecular weight is 504 g/mol. The van der Waals surface area contributed by atoms with Gasteiger partial charge in [0.2, 0.25) is 5.88 Å². The molecule has 3 heterocycles. The molecule has 0 unspecified atom stereocenters. The Hall–Kier alpha value is -3.44. The molecule has 1 aliphatic heterocycles. The monoisotopic (exact) mass is 504 g/mol. The summed E-state index contributed by atoms with van der Waals surface area (Å²) in [5.74, 6) is 0.0171. The van der Waals surface area contributed by atoms with Gasteiger partial charge in [0.05, 0.1) is 17.6 Å². The van der Waals surface area contributed by atoms with Crippen LogP contribution in [0.3, 0.4) is 0 Å². The summed E-state index contributed by atoms with van der Waals surface area (Å²) in [6.07, 6.45) is 2.76. The number of halogens is 3. The van der Waals surface area contributed by atoms with Gasteiger partial charge in [-0.3, -0.25) is 4.98 Å². The van der Waals surface area contributed by atoms with Crippen molar-refractivity contribution in [3.8, 4) is 22.8 Å². The second kappa shape index (κ2) is 8.35. The van der Waals surface area contributed by atoms with Crippen molar-refractivity contribution in [1.29, 1.82) is 0 Å². The number of ether oxygens (including phenoxy) is 1. The third-order valence-corrected chi connectivity index (χ3v) is 6.94. The van der Waals surface area contributed by atoms with Crippen LogP contribution in [0, 0.1) is 6.92 Å². The standard InChI is InChI=1S/C24H19F3N2O5S/c1-13-12-18-16(3-5-20(29-18)34-35(31,32)24(25,26)27)22(15(13)7-10-30)17-2-4-19-21-14(8-11-33-19)6-9-28-23(17)21/h2-6,9,12,30H,7-8,10-11H2,1H3. The maximum Gasteiger partial charge on any atom is 0.534 e. The van der Waals surface area contributed by atoms with E-state index < -0.39 is 21.5 Å². The number of hydrogen-bond acceptors (Lipinski definition) is 7. The summed E-state index contributed by atoms with van der Waals surface area (Å²) >= 11 is 0.